The molecule has 138 valence electrons. The number of nitrogens with zero attached hydrogens (tertiary/aromatic N) is 4. The van der Waals surface area contributed by atoms with Gasteiger partial charge in [0.25, 0.3) is 5.91 Å². The van der Waals surface area contributed by atoms with Crippen LogP contribution >= 0.6 is 0 Å². The van der Waals surface area contributed by atoms with Gasteiger partial charge in [0.1, 0.15) is 0 Å². The molecule has 1 atom stereocenters. The molecular formula is C19H31N5O. The van der Waals surface area contributed by atoms with Gasteiger partial charge in [-0.2, -0.15) is 0 Å². The molecule has 2 heterocycles. The van der Waals surface area contributed by atoms with Crippen LogP contribution in [-0.4, -0.2) is 52.0 Å². The molecule has 0 bridgehead atoms. The van der Waals surface area contributed by atoms with E-state index in [0.29, 0.717) is 29.6 Å². The van der Waals surface area contributed by atoms with Crippen molar-refractivity contribution in [2.45, 2.75) is 58.4 Å². The van der Waals surface area contributed by atoms with Gasteiger partial charge in [-0.25, -0.2) is 4.68 Å². The molecule has 1 N–H and O–H groups in total. The standard InChI is InChI=1S/C19H31N5O/c1-14(2)11-20-18(25)16-13-24(22-21-16)17-5-6-19(17)7-9-23(10-8-19)12-15-3-4-15/h13-15,17H,3-12H2,1-2H3,(H,20,25). The Hall–Kier alpha value is -1.43. The monoisotopic (exact) mass is 345 g/mol. The van der Waals surface area contributed by atoms with Gasteiger partial charge in [-0.1, -0.05) is 19.1 Å². The highest BCUT2D eigenvalue weighted by Crippen LogP contribution is 2.56. The summed E-state index contributed by atoms with van der Waals surface area (Å²) in [6.07, 6.45) is 9.72. The molecular weight excluding hydrogens is 314 g/mol. The number of hydrogen-bond donors (Lipinski definition) is 1. The van der Waals surface area contributed by atoms with Crippen molar-refractivity contribution in [3.05, 3.63) is 11.9 Å². The second kappa shape index (κ2) is 6.71. The van der Waals surface area contributed by atoms with E-state index >= 15 is 0 Å². The number of nitrogens with one attached hydrogen (secondary N) is 1. The number of amides is 1. The van der Waals surface area contributed by atoms with Crippen LogP contribution in [0.25, 0.3) is 0 Å². The first-order chi connectivity index (χ1) is 12.1. The van der Waals surface area contributed by atoms with E-state index in [-0.39, 0.29) is 5.91 Å². The maximum atomic E-state index is 12.2. The Morgan fingerprint density at radius 1 is 1.28 bits per heavy atom. The molecule has 3 aliphatic rings. The highest BCUT2D eigenvalue weighted by molar-refractivity contribution is 5.91. The van der Waals surface area contributed by atoms with Crippen LogP contribution in [0, 0.1) is 17.3 Å². The van der Waals surface area contributed by atoms with E-state index in [2.05, 4.69) is 34.4 Å². The zero-order chi connectivity index (χ0) is 17.4. The molecule has 25 heavy (non-hydrogen) atoms. The first-order valence-corrected chi connectivity index (χ1v) is 9.98. The first-order valence-electron chi connectivity index (χ1n) is 9.98. The highest BCUT2D eigenvalue weighted by Gasteiger charge is 2.50. The van der Waals surface area contributed by atoms with Gasteiger partial charge in [-0.3, -0.25) is 4.79 Å². The van der Waals surface area contributed by atoms with Gasteiger partial charge in [0.15, 0.2) is 5.69 Å². The van der Waals surface area contributed by atoms with Crippen LogP contribution in [0.5, 0.6) is 0 Å². The van der Waals surface area contributed by atoms with Crippen molar-refractivity contribution in [2.24, 2.45) is 17.3 Å². The van der Waals surface area contributed by atoms with E-state index in [1.807, 2.05) is 10.9 Å². The average Bonchev–Trinajstić information content (AvgIpc) is 3.27. The summed E-state index contributed by atoms with van der Waals surface area (Å²) in [6, 6.07) is 0.426. The second-order valence-corrected chi connectivity index (χ2v) is 8.85. The zero-order valence-electron chi connectivity index (χ0n) is 15.6. The maximum Gasteiger partial charge on any atom is 0.273 e. The van der Waals surface area contributed by atoms with Crippen LogP contribution in [0.1, 0.15) is 68.9 Å². The largest absolute Gasteiger partial charge is 0.350 e. The zero-order valence-corrected chi connectivity index (χ0v) is 15.6. The summed E-state index contributed by atoms with van der Waals surface area (Å²) in [5, 5.41) is 11.4. The third-order valence-corrected chi connectivity index (χ3v) is 6.42. The molecule has 2 saturated carbocycles. The topological polar surface area (TPSA) is 63.1 Å². The van der Waals surface area contributed by atoms with Gasteiger partial charge < -0.3 is 10.2 Å². The molecule has 1 aromatic rings. The lowest BCUT2D eigenvalue weighted by atomic mass is 9.59. The van der Waals surface area contributed by atoms with Crippen molar-refractivity contribution in [2.75, 3.05) is 26.2 Å². The van der Waals surface area contributed by atoms with Gasteiger partial charge in [-0.15, -0.1) is 5.10 Å². The molecule has 0 aromatic carbocycles. The summed E-state index contributed by atoms with van der Waals surface area (Å²) in [5.41, 5.74) is 0.841. The summed E-state index contributed by atoms with van der Waals surface area (Å²) in [5.74, 6) is 1.32. The summed E-state index contributed by atoms with van der Waals surface area (Å²) in [6.45, 7) is 8.61. The predicted molar refractivity (Wildman–Crippen MR) is 96.3 cm³/mol. The van der Waals surface area contributed by atoms with E-state index < -0.39 is 0 Å². The van der Waals surface area contributed by atoms with Crippen LogP contribution < -0.4 is 5.32 Å². The molecule has 6 nitrogen and oxygen atoms in total. The Bertz CT molecular complexity index is 613. The summed E-state index contributed by atoms with van der Waals surface area (Å²) < 4.78 is 1.98. The fourth-order valence-electron chi connectivity index (χ4n) is 4.44. The van der Waals surface area contributed by atoms with Crippen LogP contribution in [0.2, 0.25) is 0 Å². The lowest BCUT2D eigenvalue weighted by Gasteiger charge is -2.53. The third kappa shape index (κ3) is 3.59. The number of hydrogen-bond acceptors (Lipinski definition) is 4. The minimum atomic E-state index is -0.104. The molecule has 6 heteroatoms. The van der Waals surface area contributed by atoms with Crippen molar-refractivity contribution >= 4 is 5.91 Å². The van der Waals surface area contributed by atoms with Crippen LogP contribution in [0.4, 0.5) is 0 Å². The Kier molecular flexibility index (Phi) is 4.56. The molecule has 2 aliphatic carbocycles. The van der Waals surface area contributed by atoms with E-state index in [1.165, 1.54) is 58.2 Å². The number of rotatable bonds is 6. The smallest absolute Gasteiger partial charge is 0.273 e. The quantitative estimate of drug-likeness (QED) is 0.860. The van der Waals surface area contributed by atoms with Gasteiger partial charge >= 0.3 is 0 Å². The Morgan fingerprint density at radius 2 is 2.04 bits per heavy atom. The number of carbonyl (C=O) groups is 1. The first kappa shape index (κ1) is 17.0. The molecule has 1 saturated heterocycles. The predicted octanol–water partition coefficient (Wildman–Crippen LogP) is 2.49. The molecule has 1 aromatic heterocycles. The lowest BCUT2D eigenvalue weighted by Crippen LogP contribution is -2.50. The van der Waals surface area contributed by atoms with Crippen molar-refractivity contribution in [3.8, 4) is 0 Å². The van der Waals surface area contributed by atoms with E-state index in [4.69, 9.17) is 0 Å². The number of piperidine rings is 1. The molecule has 4 rings (SSSR count). The number of carbonyl (C=O) groups excluding carboxylic acids is 1. The third-order valence-electron chi connectivity index (χ3n) is 6.42. The number of likely N-dealkylation sites (tertiary alicyclic amines) is 1. The van der Waals surface area contributed by atoms with Gasteiger partial charge in [0.05, 0.1) is 12.2 Å². The van der Waals surface area contributed by atoms with Crippen LogP contribution in [-0.2, 0) is 0 Å². The second-order valence-electron chi connectivity index (χ2n) is 8.85. The molecule has 1 unspecified atom stereocenters. The van der Waals surface area contributed by atoms with E-state index in [1.54, 1.807) is 0 Å². The van der Waals surface area contributed by atoms with Crippen molar-refractivity contribution in [1.29, 1.82) is 0 Å². The normalized spacial score (nSPS) is 26.0. The minimum Gasteiger partial charge on any atom is -0.350 e. The molecule has 1 aliphatic heterocycles. The van der Waals surface area contributed by atoms with Crippen molar-refractivity contribution < 1.29 is 4.79 Å². The molecule has 1 amide bonds. The summed E-state index contributed by atoms with van der Waals surface area (Å²) >= 11 is 0. The number of aromatic nitrogens is 3. The summed E-state index contributed by atoms with van der Waals surface area (Å²) in [4.78, 5) is 14.8. The van der Waals surface area contributed by atoms with Gasteiger partial charge in [0.2, 0.25) is 0 Å². The van der Waals surface area contributed by atoms with E-state index in [9.17, 15) is 4.79 Å². The molecule has 1 spiro atoms. The molecule has 3 fully saturated rings. The highest BCUT2D eigenvalue weighted by atomic mass is 16.2. The SMILES string of the molecule is CC(C)CNC(=O)c1cn(C2CCC23CCN(CC2CC2)CC3)nn1. The maximum absolute atomic E-state index is 12.2. The average molecular weight is 345 g/mol. The lowest BCUT2D eigenvalue weighted by molar-refractivity contribution is -0.0324. The minimum absolute atomic E-state index is 0.104. The fourth-order valence-corrected chi connectivity index (χ4v) is 4.44. The van der Waals surface area contributed by atoms with Gasteiger partial charge in [-0.05, 0) is 68.9 Å². The Morgan fingerprint density at radius 3 is 2.64 bits per heavy atom. The Balaban J connectivity index is 1.35. The Labute approximate surface area is 150 Å². The van der Waals surface area contributed by atoms with Gasteiger partial charge in [0, 0.05) is 13.1 Å². The van der Waals surface area contributed by atoms with Crippen LogP contribution in [0.15, 0.2) is 6.20 Å². The summed E-state index contributed by atoms with van der Waals surface area (Å²) in [7, 11) is 0. The van der Waals surface area contributed by atoms with E-state index in [0.717, 1.165) is 5.92 Å². The molecule has 0 radical (unpaired) electrons. The fraction of sp³-hybridized carbons (Fsp3) is 0.842. The van der Waals surface area contributed by atoms with Crippen molar-refractivity contribution in [1.82, 2.24) is 25.2 Å². The van der Waals surface area contributed by atoms with Crippen molar-refractivity contribution in [3.63, 3.8) is 0 Å². The van der Waals surface area contributed by atoms with Crippen LogP contribution in [0.3, 0.4) is 0 Å².